The highest BCUT2D eigenvalue weighted by Crippen LogP contribution is 2.40. The van der Waals surface area contributed by atoms with Gasteiger partial charge in [0.15, 0.2) is 5.82 Å². The monoisotopic (exact) mass is 634 g/mol. The molecule has 1 atom stereocenters. The van der Waals surface area contributed by atoms with E-state index in [9.17, 15) is 19.5 Å². The summed E-state index contributed by atoms with van der Waals surface area (Å²) in [4.78, 5) is 38.9. The van der Waals surface area contributed by atoms with Crippen molar-refractivity contribution in [3.63, 3.8) is 0 Å². The van der Waals surface area contributed by atoms with Crippen molar-refractivity contribution in [2.75, 3.05) is 5.32 Å². The van der Waals surface area contributed by atoms with Crippen molar-refractivity contribution in [2.45, 2.75) is 51.0 Å². The molecule has 1 heterocycles. The van der Waals surface area contributed by atoms with Crippen LogP contribution >= 0.6 is 23.2 Å². The van der Waals surface area contributed by atoms with Crippen molar-refractivity contribution in [3.8, 4) is 11.4 Å². The van der Waals surface area contributed by atoms with E-state index >= 15 is 0 Å². The first-order chi connectivity index (χ1) is 21.1. The van der Waals surface area contributed by atoms with Gasteiger partial charge in [-0.1, -0.05) is 78.9 Å². The summed E-state index contributed by atoms with van der Waals surface area (Å²) in [6.45, 7) is 0. The molecule has 12 heteroatoms. The number of anilines is 1. The smallest absolute Gasteiger partial charge is 0.326 e. The van der Waals surface area contributed by atoms with E-state index < -0.39 is 23.3 Å². The summed E-state index contributed by atoms with van der Waals surface area (Å²) in [5, 5.41) is 27.9. The second kappa shape index (κ2) is 13.6. The Labute approximate surface area is 264 Å². The van der Waals surface area contributed by atoms with Crippen molar-refractivity contribution in [2.24, 2.45) is 12.5 Å². The van der Waals surface area contributed by atoms with Crippen molar-refractivity contribution in [1.29, 1.82) is 0 Å². The molecule has 1 saturated carbocycles. The summed E-state index contributed by atoms with van der Waals surface area (Å²) in [5.74, 6) is -1.21. The number of carboxylic acid groups (broad SMARTS) is 1. The third-order valence-corrected chi connectivity index (χ3v) is 8.71. The molecule has 3 aromatic carbocycles. The van der Waals surface area contributed by atoms with Gasteiger partial charge in [0, 0.05) is 24.7 Å². The Bertz CT molecular complexity index is 1650. The van der Waals surface area contributed by atoms with Crippen LogP contribution in [0.5, 0.6) is 0 Å². The highest BCUT2D eigenvalue weighted by Gasteiger charge is 2.41. The van der Waals surface area contributed by atoms with Crippen molar-refractivity contribution in [3.05, 3.63) is 93.5 Å². The molecule has 1 aromatic heterocycles. The Kier molecular flexibility index (Phi) is 9.61. The van der Waals surface area contributed by atoms with Crippen LogP contribution in [0.25, 0.3) is 11.4 Å². The summed E-state index contributed by atoms with van der Waals surface area (Å²) in [5.41, 5.74) is 2.43. The van der Waals surface area contributed by atoms with Gasteiger partial charge in [0.25, 0.3) is 5.91 Å². The quantitative estimate of drug-likeness (QED) is 0.202. The number of hydrogen-bond acceptors (Lipinski definition) is 6. The normalized spacial score (nSPS) is 14.9. The highest BCUT2D eigenvalue weighted by molar-refractivity contribution is 6.40. The predicted molar refractivity (Wildman–Crippen MR) is 168 cm³/mol. The van der Waals surface area contributed by atoms with Gasteiger partial charge in [0.05, 0.1) is 21.0 Å². The molecule has 2 amide bonds. The van der Waals surface area contributed by atoms with Crippen LogP contribution in [0.3, 0.4) is 0 Å². The van der Waals surface area contributed by atoms with Gasteiger partial charge in [-0.2, -0.15) is 0 Å². The molecule has 0 bridgehead atoms. The van der Waals surface area contributed by atoms with Gasteiger partial charge in [-0.05, 0) is 71.1 Å². The van der Waals surface area contributed by atoms with Gasteiger partial charge in [-0.15, -0.1) is 5.10 Å². The fourth-order valence-electron chi connectivity index (χ4n) is 5.78. The standard InChI is InChI=1S/C32H32Cl2N6O4/c1-40-28(37-38-39-40)22-8-5-7-21(17-22)19-32(15-3-2-4-16-32)31(44)36-26(30(42)43)18-20-11-13-23(14-12-20)35-29(41)27-24(33)9-6-10-25(27)34/h5-14,17,26H,2-4,15-16,18-19H2,1H3,(H,35,41)(H,36,44)(H,42,43)/t26-/m0/s1. The van der Waals surface area contributed by atoms with Crippen LogP contribution < -0.4 is 10.6 Å². The summed E-state index contributed by atoms with van der Waals surface area (Å²) >= 11 is 12.3. The van der Waals surface area contributed by atoms with Gasteiger partial charge < -0.3 is 15.7 Å². The van der Waals surface area contributed by atoms with E-state index in [4.69, 9.17) is 23.2 Å². The molecule has 1 aliphatic carbocycles. The minimum atomic E-state index is -1.13. The average molecular weight is 636 g/mol. The number of halogens is 2. The Morgan fingerprint density at radius 1 is 0.955 bits per heavy atom. The summed E-state index contributed by atoms with van der Waals surface area (Å²) in [6.07, 6.45) is 4.73. The number of aryl methyl sites for hydroxylation is 1. The molecule has 0 spiro atoms. The predicted octanol–water partition coefficient (Wildman–Crippen LogP) is 5.74. The van der Waals surface area contributed by atoms with Crippen molar-refractivity contribution >= 4 is 46.7 Å². The molecule has 228 valence electrons. The lowest BCUT2D eigenvalue weighted by atomic mass is 9.69. The number of amides is 2. The molecule has 0 saturated heterocycles. The lowest BCUT2D eigenvalue weighted by Crippen LogP contribution is -2.51. The minimum absolute atomic E-state index is 0.0797. The van der Waals surface area contributed by atoms with E-state index in [1.165, 1.54) is 0 Å². The zero-order chi connectivity index (χ0) is 31.3. The van der Waals surface area contributed by atoms with E-state index in [1.807, 2.05) is 24.3 Å². The molecule has 1 fully saturated rings. The van der Waals surface area contributed by atoms with Crippen LogP contribution in [-0.2, 0) is 29.5 Å². The second-order valence-electron chi connectivity index (χ2n) is 11.2. The van der Waals surface area contributed by atoms with Crippen LogP contribution in [0.1, 0.15) is 53.6 Å². The van der Waals surface area contributed by atoms with Gasteiger partial charge in [-0.3, -0.25) is 9.59 Å². The summed E-state index contributed by atoms with van der Waals surface area (Å²) in [7, 11) is 1.77. The lowest BCUT2D eigenvalue weighted by molar-refractivity contribution is -0.144. The fraction of sp³-hybridized carbons (Fsp3) is 0.312. The third-order valence-electron chi connectivity index (χ3n) is 8.09. The van der Waals surface area contributed by atoms with Crippen molar-refractivity contribution < 1.29 is 19.5 Å². The summed E-state index contributed by atoms with van der Waals surface area (Å²) in [6, 6.07) is 18.3. The first-order valence-corrected chi connectivity index (χ1v) is 15.1. The van der Waals surface area contributed by atoms with Crippen LogP contribution in [-0.4, -0.2) is 49.1 Å². The van der Waals surface area contributed by atoms with Gasteiger partial charge >= 0.3 is 5.97 Å². The number of aliphatic carboxylic acids is 1. The minimum Gasteiger partial charge on any atom is -0.480 e. The van der Waals surface area contributed by atoms with Crippen LogP contribution in [0.4, 0.5) is 5.69 Å². The van der Waals surface area contributed by atoms with E-state index in [-0.39, 0.29) is 27.9 Å². The summed E-state index contributed by atoms with van der Waals surface area (Å²) < 4.78 is 1.59. The van der Waals surface area contributed by atoms with Gasteiger partial charge in [-0.25, -0.2) is 9.48 Å². The molecular formula is C32H32Cl2N6O4. The Balaban J connectivity index is 1.28. The number of nitrogens with zero attached hydrogens (tertiary/aromatic N) is 4. The zero-order valence-corrected chi connectivity index (χ0v) is 25.6. The first kappa shape index (κ1) is 31.2. The largest absolute Gasteiger partial charge is 0.480 e. The molecule has 0 radical (unpaired) electrons. The Hall–Kier alpha value is -4.28. The van der Waals surface area contributed by atoms with E-state index in [2.05, 4.69) is 26.2 Å². The molecule has 1 aliphatic rings. The SMILES string of the molecule is Cn1nnnc1-c1cccc(CC2(C(=O)N[C@@H](Cc3ccc(NC(=O)c4c(Cl)cccc4Cl)cc3)C(=O)O)CCCCC2)c1. The Morgan fingerprint density at radius 2 is 1.64 bits per heavy atom. The number of hydrogen-bond donors (Lipinski definition) is 3. The number of tetrazole rings is 1. The maximum absolute atomic E-state index is 13.9. The zero-order valence-electron chi connectivity index (χ0n) is 24.1. The maximum Gasteiger partial charge on any atom is 0.326 e. The second-order valence-corrected chi connectivity index (χ2v) is 12.0. The highest BCUT2D eigenvalue weighted by atomic mass is 35.5. The first-order valence-electron chi connectivity index (χ1n) is 14.3. The van der Waals surface area contributed by atoms with Crippen molar-refractivity contribution in [1.82, 2.24) is 25.5 Å². The van der Waals surface area contributed by atoms with Gasteiger partial charge in [0.1, 0.15) is 6.04 Å². The molecular weight excluding hydrogens is 603 g/mol. The number of rotatable bonds is 10. The average Bonchev–Trinajstić information content (AvgIpc) is 3.44. The number of nitrogens with one attached hydrogen (secondary N) is 2. The van der Waals surface area contributed by atoms with Gasteiger partial charge in [0.2, 0.25) is 5.91 Å². The van der Waals surface area contributed by atoms with Crippen LogP contribution in [0.15, 0.2) is 66.7 Å². The van der Waals surface area contributed by atoms with Crippen LogP contribution in [0, 0.1) is 5.41 Å². The third kappa shape index (κ3) is 7.09. The molecule has 10 nitrogen and oxygen atoms in total. The molecule has 44 heavy (non-hydrogen) atoms. The van der Waals surface area contributed by atoms with E-state index in [1.54, 1.807) is 54.2 Å². The number of carbonyl (C=O) groups is 3. The number of carbonyl (C=O) groups excluding carboxylic acids is 2. The molecule has 3 N–H and O–H groups in total. The molecule has 4 aromatic rings. The van der Waals surface area contributed by atoms with Crippen LogP contribution in [0.2, 0.25) is 10.0 Å². The van der Waals surface area contributed by atoms with E-state index in [0.29, 0.717) is 36.3 Å². The molecule has 0 aliphatic heterocycles. The van der Waals surface area contributed by atoms with E-state index in [0.717, 1.165) is 30.4 Å². The number of carboxylic acids is 1. The Morgan fingerprint density at radius 3 is 2.27 bits per heavy atom. The topological polar surface area (TPSA) is 139 Å². The maximum atomic E-state index is 13.9. The fourth-order valence-corrected chi connectivity index (χ4v) is 6.35. The molecule has 0 unspecified atom stereocenters. The number of aromatic nitrogens is 4. The number of benzene rings is 3. The lowest BCUT2D eigenvalue weighted by Gasteiger charge is -2.37. The molecule has 5 rings (SSSR count).